The topological polar surface area (TPSA) is 47.6 Å². The maximum atomic E-state index is 13.5. The van der Waals surface area contributed by atoms with Gasteiger partial charge in [-0.15, -0.1) is 0 Å². The Bertz CT molecular complexity index is 821. The summed E-state index contributed by atoms with van der Waals surface area (Å²) in [5.74, 6) is -0.572. The first-order valence-electron chi connectivity index (χ1n) is 7.88. The van der Waals surface area contributed by atoms with Crippen LogP contribution in [0.1, 0.15) is 17.5 Å². The standard InChI is InChI=1S/C18H15F4NO3/c19-14-9-11(1-4-13(14)18(20,21)22)2-6-17(24)23-12-3-5-15-16(10-12)26-8-7-25-15/h1,3-5,9-10H,2,6-8H2,(H,23,24). The largest absolute Gasteiger partial charge is 0.486 e. The van der Waals surface area contributed by atoms with Crippen LogP contribution < -0.4 is 14.8 Å². The minimum atomic E-state index is -4.74. The molecule has 8 heteroatoms. The molecule has 0 radical (unpaired) electrons. The van der Waals surface area contributed by atoms with Crippen molar-refractivity contribution in [1.29, 1.82) is 0 Å². The summed E-state index contributed by atoms with van der Waals surface area (Å²) in [5, 5.41) is 2.66. The molecule has 0 bridgehead atoms. The molecule has 26 heavy (non-hydrogen) atoms. The van der Waals surface area contributed by atoms with Crippen molar-refractivity contribution in [3.63, 3.8) is 0 Å². The molecule has 1 N–H and O–H groups in total. The van der Waals surface area contributed by atoms with E-state index in [1.165, 1.54) is 6.07 Å². The molecule has 1 aliphatic heterocycles. The van der Waals surface area contributed by atoms with Gasteiger partial charge in [0.15, 0.2) is 11.5 Å². The van der Waals surface area contributed by atoms with E-state index in [9.17, 15) is 22.4 Å². The monoisotopic (exact) mass is 369 g/mol. The van der Waals surface area contributed by atoms with Crippen molar-refractivity contribution in [2.24, 2.45) is 0 Å². The zero-order valence-electron chi connectivity index (χ0n) is 13.5. The molecule has 0 saturated carbocycles. The number of fused-ring (bicyclic) bond motifs is 1. The summed E-state index contributed by atoms with van der Waals surface area (Å²) in [7, 11) is 0. The van der Waals surface area contributed by atoms with Crippen molar-refractivity contribution in [1.82, 2.24) is 0 Å². The summed E-state index contributed by atoms with van der Waals surface area (Å²) in [5.41, 5.74) is -0.493. The SMILES string of the molecule is O=C(CCc1ccc(C(F)(F)F)c(F)c1)Nc1ccc2c(c1)OCCO2. The summed E-state index contributed by atoms with van der Waals surface area (Å²) < 4.78 is 61.9. The van der Waals surface area contributed by atoms with Gasteiger partial charge in [-0.25, -0.2) is 4.39 Å². The first kappa shape index (κ1) is 18.0. The van der Waals surface area contributed by atoms with Gasteiger partial charge in [-0.1, -0.05) is 6.07 Å². The van der Waals surface area contributed by atoms with Crippen molar-refractivity contribution in [3.8, 4) is 11.5 Å². The molecule has 3 rings (SSSR count). The Morgan fingerprint density at radius 3 is 2.46 bits per heavy atom. The Morgan fingerprint density at radius 2 is 1.77 bits per heavy atom. The van der Waals surface area contributed by atoms with E-state index in [1.807, 2.05) is 0 Å². The summed E-state index contributed by atoms with van der Waals surface area (Å²) >= 11 is 0. The van der Waals surface area contributed by atoms with Crippen LogP contribution in [-0.2, 0) is 17.4 Å². The van der Waals surface area contributed by atoms with Crippen LogP contribution >= 0.6 is 0 Å². The molecule has 2 aromatic carbocycles. The Balaban J connectivity index is 1.58. The van der Waals surface area contributed by atoms with E-state index in [0.29, 0.717) is 42.0 Å². The second-order valence-corrected chi connectivity index (χ2v) is 5.72. The van der Waals surface area contributed by atoms with Gasteiger partial charge in [-0.3, -0.25) is 4.79 Å². The third-order valence-electron chi connectivity index (χ3n) is 3.81. The number of rotatable bonds is 4. The van der Waals surface area contributed by atoms with Crippen LogP contribution in [0.5, 0.6) is 11.5 Å². The Kier molecular flexibility index (Phi) is 5.01. The van der Waals surface area contributed by atoms with Crippen LogP contribution in [0.3, 0.4) is 0 Å². The van der Waals surface area contributed by atoms with Gasteiger partial charge in [0.25, 0.3) is 0 Å². The molecule has 0 unspecified atom stereocenters. The van der Waals surface area contributed by atoms with E-state index in [2.05, 4.69) is 5.32 Å². The Hall–Kier alpha value is -2.77. The van der Waals surface area contributed by atoms with Crippen LogP contribution in [0, 0.1) is 5.82 Å². The van der Waals surface area contributed by atoms with Gasteiger partial charge >= 0.3 is 6.18 Å². The van der Waals surface area contributed by atoms with Crippen molar-refractivity contribution in [2.75, 3.05) is 18.5 Å². The summed E-state index contributed by atoms with van der Waals surface area (Å²) in [6, 6.07) is 7.62. The lowest BCUT2D eigenvalue weighted by Crippen LogP contribution is -2.16. The number of anilines is 1. The van der Waals surface area contributed by atoms with Crippen molar-refractivity contribution < 1.29 is 31.8 Å². The summed E-state index contributed by atoms with van der Waals surface area (Å²) in [6.45, 7) is 0.881. The predicted octanol–water partition coefficient (Wildman–Crippen LogP) is 4.19. The molecule has 1 heterocycles. The van der Waals surface area contributed by atoms with Gasteiger partial charge < -0.3 is 14.8 Å². The zero-order valence-corrected chi connectivity index (χ0v) is 13.5. The molecule has 0 saturated heterocycles. The molecule has 2 aromatic rings. The fourth-order valence-corrected chi connectivity index (χ4v) is 2.55. The van der Waals surface area contributed by atoms with Gasteiger partial charge in [0.1, 0.15) is 19.0 Å². The number of nitrogens with one attached hydrogen (secondary N) is 1. The van der Waals surface area contributed by atoms with Crippen molar-refractivity contribution >= 4 is 11.6 Å². The second-order valence-electron chi connectivity index (χ2n) is 5.72. The molecule has 1 amide bonds. The van der Waals surface area contributed by atoms with E-state index in [4.69, 9.17) is 9.47 Å². The lowest BCUT2D eigenvalue weighted by Gasteiger charge is -2.19. The average molecular weight is 369 g/mol. The number of carbonyl (C=O) groups is 1. The smallest absolute Gasteiger partial charge is 0.419 e. The molecule has 0 aromatic heterocycles. The highest BCUT2D eigenvalue weighted by atomic mass is 19.4. The lowest BCUT2D eigenvalue weighted by molar-refractivity contribution is -0.140. The van der Waals surface area contributed by atoms with E-state index >= 15 is 0 Å². The van der Waals surface area contributed by atoms with E-state index in [-0.39, 0.29) is 18.7 Å². The quantitative estimate of drug-likeness (QED) is 0.823. The molecule has 1 aliphatic rings. The number of aryl methyl sites for hydroxylation is 1. The summed E-state index contributed by atoms with van der Waals surface area (Å²) in [4.78, 5) is 12.0. The van der Waals surface area contributed by atoms with Gasteiger partial charge in [-0.2, -0.15) is 13.2 Å². The van der Waals surface area contributed by atoms with E-state index in [1.54, 1.807) is 18.2 Å². The Labute approximate surface area is 146 Å². The molecular formula is C18H15F4NO3. The average Bonchev–Trinajstić information content (AvgIpc) is 2.59. The van der Waals surface area contributed by atoms with Crippen LogP contribution in [-0.4, -0.2) is 19.1 Å². The molecule has 138 valence electrons. The highest BCUT2D eigenvalue weighted by Gasteiger charge is 2.33. The van der Waals surface area contributed by atoms with Gasteiger partial charge in [0.05, 0.1) is 5.56 Å². The number of ether oxygens (including phenoxy) is 2. The number of carbonyl (C=O) groups excluding carboxylic acids is 1. The third kappa shape index (κ3) is 4.25. The van der Waals surface area contributed by atoms with Crippen LogP contribution in [0.4, 0.5) is 23.2 Å². The highest BCUT2D eigenvalue weighted by molar-refractivity contribution is 5.91. The number of hydrogen-bond donors (Lipinski definition) is 1. The number of hydrogen-bond acceptors (Lipinski definition) is 3. The maximum Gasteiger partial charge on any atom is 0.419 e. The van der Waals surface area contributed by atoms with Gasteiger partial charge in [0, 0.05) is 18.2 Å². The predicted molar refractivity (Wildman–Crippen MR) is 85.8 cm³/mol. The molecule has 0 aliphatic carbocycles. The second kappa shape index (κ2) is 7.23. The molecule has 0 spiro atoms. The number of halogens is 4. The third-order valence-corrected chi connectivity index (χ3v) is 3.81. The molecule has 0 fully saturated rings. The number of amides is 1. The maximum absolute atomic E-state index is 13.5. The fraction of sp³-hybridized carbons (Fsp3) is 0.278. The lowest BCUT2D eigenvalue weighted by atomic mass is 10.1. The van der Waals surface area contributed by atoms with Gasteiger partial charge in [-0.05, 0) is 36.2 Å². The highest BCUT2D eigenvalue weighted by Crippen LogP contribution is 2.33. The molecule has 4 nitrogen and oxygen atoms in total. The minimum Gasteiger partial charge on any atom is -0.486 e. The first-order chi connectivity index (χ1) is 12.3. The van der Waals surface area contributed by atoms with Crippen molar-refractivity contribution in [2.45, 2.75) is 19.0 Å². The van der Waals surface area contributed by atoms with E-state index in [0.717, 1.165) is 6.07 Å². The van der Waals surface area contributed by atoms with Crippen LogP contribution in [0.25, 0.3) is 0 Å². The fourth-order valence-electron chi connectivity index (χ4n) is 2.55. The minimum absolute atomic E-state index is 0.000748. The van der Waals surface area contributed by atoms with Crippen molar-refractivity contribution in [3.05, 3.63) is 53.3 Å². The zero-order chi connectivity index (χ0) is 18.7. The number of alkyl halides is 3. The van der Waals surface area contributed by atoms with Crippen LogP contribution in [0.15, 0.2) is 36.4 Å². The normalized spacial score (nSPS) is 13.4. The van der Waals surface area contributed by atoms with E-state index < -0.39 is 17.6 Å². The first-order valence-corrected chi connectivity index (χ1v) is 7.88. The number of benzene rings is 2. The summed E-state index contributed by atoms with van der Waals surface area (Å²) in [6.07, 6.45) is -4.62. The van der Waals surface area contributed by atoms with Crippen LogP contribution in [0.2, 0.25) is 0 Å². The Morgan fingerprint density at radius 1 is 1.04 bits per heavy atom. The molecular weight excluding hydrogens is 354 g/mol. The van der Waals surface area contributed by atoms with Gasteiger partial charge in [0.2, 0.25) is 5.91 Å². The molecule has 0 atom stereocenters.